The lowest BCUT2D eigenvalue weighted by molar-refractivity contribution is -0.0953. The van der Waals surface area contributed by atoms with E-state index in [-0.39, 0.29) is 36.9 Å². The molecule has 3 aliphatic rings. The number of benzene rings is 2. The summed E-state index contributed by atoms with van der Waals surface area (Å²) >= 11 is 1.39. The molecule has 4 heterocycles. The number of thiazole rings is 1. The van der Waals surface area contributed by atoms with Crippen LogP contribution in [0.25, 0.3) is 10.2 Å². The molecule has 1 aromatic heterocycles. The number of ether oxygens (including phenoxy) is 3. The number of hydrogen-bond acceptors (Lipinski definition) is 11. The van der Waals surface area contributed by atoms with E-state index in [2.05, 4.69) is 20.9 Å². The third-order valence-electron chi connectivity index (χ3n) is 8.99. The number of aliphatic hydroxyl groups is 1. The summed E-state index contributed by atoms with van der Waals surface area (Å²) in [4.78, 5) is 17.8. The van der Waals surface area contributed by atoms with Crippen LogP contribution in [0.5, 0.6) is 0 Å². The predicted molar refractivity (Wildman–Crippen MR) is 180 cm³/mol. The van der Waals surface area contributed by atoms with Crippen molar-refractivity contribution in [2.45, 2.75) is 74.5 Å². The molecule has 5 atom stereocenters. The fraction of sp³-hybridized carbons (Fsp3) is 0.576. The van der Waals surface area contributed by atoms with Crippen LogP contribution in [0, 0.1) is 11.8 Å². The van der Waals surface area contributed by atoms with Gasteiger partial charge in [-0.3, -0.25) is 0 Å². The Morgan fingerprint density at radius 1 is 1.16 bits per heavy atom. The molecule has 1 amide bonds. The SMILES string of the molecule is CC(C)CN(C[C@@H](O)[C@H](Cc1ccccc1)NC(=O)OC1CO[C@H]2OCC(F)(F)[C@@H]12)S(=O)(=O)c1ccc2nc(NC3CCNCC3)sc2c1. The van der Waals surface area contributed by atoms with Crippen molar-refractivity contribution in [1.82, 2.24) is 19.9 Å². The van der Waals surface area contributed by atoms with Crippen molar-refractivity contribution >= 4 is 42.8 Å². The first-order valence-corrected chi connectivity index (χ1v) is 18.8. The Morgan fingerprint density at radius 2 is 1.92 bits per heavy atom. The molecule has 0 radical (unpaired) electrons. The summed E-state index contributed by atoms with van der Waals surface area (Å²) < 4.78 is 74.7. The average Bonchev–Trinajstić information content (AvgIpc) is 3.75. The van der Waals surface area contributed by atoms with Crippen molar-refractivity contribution in [2.24, 2.45) is 11.8 Å². The van der Waals surface area contributed by atoms with Crippen molar-refractivity contribution < 1.29 is 41.3 Å². The number of sulfonamides is 1. The molecule has 12 nitrogen and oxygen atoms in total. The minimum atomic E-state index is -4.11. The Bertz CT molecular complexity index is 1690. The highest BCUT2D eigenvalue weighted by Gasteiger charge is 2.60. The van der Waals surface area contributed by atoms with Crippen LogP contribution < -0.4 is 16.0 Å². The number of fused-ring (bicyclic) bond motifs is 2. The quantitative estimate of drug-likeness (QED) is 0.205. The molecule has 3 saturated heterocycles. The number of amides is 1. The Balaban J connectivity index is 1.19. The number of aliphatic hydroxyl groups excluding tert-OH is 1. The Kier molecular flexibility index (Phi) is 11.0. The molecule has 49 heavy (non-hydrogen) atoms. The molecule has 1 unspecified atom stereocenters. The van der Waals surface area contributed by atoms with Gasteiger partial charge in [0, 0.05) is 19.1 Å². The van der Waals surface area contributed by atoms with Gasteiger partial charge in [-0.2, -0.15) is 4.31 Å². The predicted octanol–water partition coefficient (Wildman–Crippen LogP) is 3.81. The number of piperidine rings is 1. The normalized spacial score (nSPS) is 23.9. The third kappa shape index (κ3) is 8.49. The molecule has 0 aliphatic carbocycles. The summed E-state index contributed by atoms with van der Waals surface area (Å²) in [7, 11) is -4.11. The van der Waals surface area contributed by atoms with E-state index in [0.717, 1.165) is 36.6 Å². The molecule has 0 bridgehead atoms. The van der Waals surface area contributed by atoms with Crippen molar-refractivity contribution in [3.63, 3.8) is 0 Å². The lowest BCUT2D eigenvalue weighted by atomic mass is 9.99. The van der Waals surface area contributed by atoms with Crippen LogP contribution in [0.2, 0.25) is 0 Å². The van der Waals surface area contributed by atoms with E-state index >= 15 is 0 Å². The molecule has 3 fully saturated rings. The number of nitrogens with one attached hydrogen (secondary N) is 3. The molecule has 268 valence electrons. The van der Waals surface area contributed by atoms with Gasteiger partial charge < -0.3 is 35.3 Å². The van der Waals surface area contributed by atoms with Gasteiger partial charge in [-0.25, -0.2) is 27.0 Å². The molecule has 4 N–H and O–H groups in total. The lowest BCUT2D eigenvalue weighted by Crippen LogP contribution is -2.52. The third-order valence-corrected chi connectivity index (χ3v) is 11.8. The van der Waals surface area contributed by atoms with Gasteiger partial charge in [0.15, 0.2) is 11.4 Å². The average molecular weight is 724 g/mol. The summed E-state index contributed by atoms with van der Waals surface area (Å²) in [6.45, 7) is 4.27. The number of alkyl halides is 2. The van der Waals surface area contributed by atoms with Crippen LogP contribution in [0.1, 0.15) is 32.3 Å². The maximum atomic E-state index is 14.4. The van der Waals surface area contributed by atoms with E-state index in [4.69, 9.17) is 14.2 Å². The van der Waals surface area contributed by atoms with E-state index in [1.54, 1.807) is 36.4 Å². The standard InChI is InChI=1S/C33H43F2N5O7S2/c1-20(2)16-40(49(43,44)23-8-9-24-28(15-23)48-31(38-24)37-22-10-12-36-13-11-22)17-26(41)25(14-21-6-4-3-5-7-21)39-32(42)47-27-18-45-30-29(27)33(34,35)19-46-30/h3-9,15,20,22,25-27,29-30,36,41H,10-14,16-19H2,1-2H3,(H,37,38)(H,39,42)/t25-,26+,27?,29-,30-/m0/s1. The number of nitrogens with zero attached hydrogens (tertiary/aromatic N) is 2. The van der Waals surface area contributed by atoms with Gasteiger partial charge in [-0.05, 0) is 62.0 Å². The number of halogens is 2. The second-order valence-electron chi connectivity index (χ2n) is 13.3. The summed E-state index contributed by atoms with van der Waals surface area (Å²) in [5, 5.41) is 21.7. The maximum Gasteiger partial charge on any atom is 0.407 e. The second-order valence-corrected chi connectivity index (χ2v) is 16.3. The monoisotopic (exact) mass is 723 g/mol. The summed E-state index contributed by atoms with van der Waals surface area (Å²) in [6, 6.07) is 13.1. The van der Waals surface area contributed by atoms with Crippen molar-refractivity contribution in [3.8, 4) is 0 Å². The first-order valence-electron chi connectivity index (χ1n) is 16.6. The number of hydrogen-bond donors (Lipinski definition) is 4. The number of aromatic nitrogens is 1. The summed E-state index contributed by atoms with van der Waals surface area (Å²) in [5.41, 5.74) is 1.44. The number of anilines is 1. The molecule has 3 aliphatic heterocycles. The molecule has 0 saturated carbocycles. The largest absolute Gasteiger partial charge is 0.443 e. The fourth-order valence-corrected chi connectivity index (χ4v) is 9.20. The first kappa shape index (κ1) is 35.8. The van der Waals surface area contributed by atoms with Crippen LogP contribution in [0.3, 0.4) is 0 Å². The molecule has 2 aromatic carbocycles. The van der Waals surface area contributed by atoms with Crippen molar-refractivity contribution in [3.05, 3.63) is 54.1 Å². The maximum absolute atomic E-state index is 14.4. The van der Waals surface area contributed by atoms with Gasteiger partial charge in [0.25, 0.3) is 5.92 Å². The molecular formula is C33H43F2N5O7S2. The van der Waals surface area contributed by atoms with Crippen LogP contribution in [0.4, 0.5) is 18.7 Å². The molecule has 0 spiro atoms. The molecule has 3 aromatic rings. The van der Waals surface area contributed by atoms with Crippen molar-refractivity contribution in [2.75, 3.05) is 44.7 Å². The highest BCUT2D eigenvalue weighted by Crippen LogP contribution is 2.43. The van der Waals surface area contributed by atoms with Gasteiger partial charge in [0.2, 0.25) is 10.0 Å². The van der Waals surface area contributed by atoms with Crippen LogP contribution in [-0.4, -0.2) is 105 Å². The smallest absolute Gasteiger partial charge is 0.407 e. The van der Waals surface area contributed by atoms with E-state index in [0.29, 0.717) is 16.3 Å². The number of carbonyl (C=O) groups is 1. The molecule has 6 rings (SSSR count). The highest BCUT2D eigenvalue weighted by atomic mass is 32.2. The zero-order valence-electron chi connectivity index (χ0n) is 27.4. The Hall–Kier alpha value is -2.99. The minimum Gasteiger partial charge on any atom is -0.443 e. The Labute approximate surface area is 288 Å². The van der Waals surface area contributed by atoms with Crippen LogP contribution >= 0.6 is 11.3 Å². The van der Waals surface area contributed by atoms with Gasteiger partial charge >= 0.3 is 6.09 Å². The fourth-order valence-electron chi connectivity index (χ4n) is 6.50. The first-order chi connectivity index (χ1) is 23.4. The number of rotatable bonds is 13. The summed E-state index contributed by atoms with van der Waals surface area (Å²) in [6.07, 6.45) is -2.78. The van der Waals surface area contributed by atoms with E-state index < -0.39 is 59.1 Å². The second kappa shape index (κ2) is 15.1. The number of alkyl carbamates (subject to hydrolysis) is 1. The number of carbonyl (C=O) groups excluding carboxylic acids is 1. The minimum absolute atomic E-state index is 0.0624. The van der Waals surface area contributed by atoms with Crippen LogP contribution in [0.15, 0.2) is 53.4 Å². The van der Waals surface area contributed by atoms with Crippen molar-refractivity contribution in [1.29, 1.82) is 0 Å². The summed E-state index contributed by atoms with van der Waals surface area (Å²) in [5.74, 6) is -4.77. The van der Waals surface area contributed by atoms with E-state index in [9.17, 15) is 27.1 Å². The van der Waals surface area contributed by atoms with Crippen LogP contribution in [-0.2, 0) is 30.7 Å². The lowest BCUT2D eigenvalue weighted by Gasteiger charge is -2.31. The zero-order valence-corrected chi connectivity index (χ0v) is 29.0. The van der Waals surface area contributed by atoms with Gasteiger partial charge in [0.05, 0.1) is 33.9 Å². The van der Waals surface area contributed by atoms with E-state index in [1.807, 2.05) is 19.9 Å². The van der Waals surface area contributed by atoms with Gasteiger partial charge in [-0.1, -0.05) is 55.5 Å². The topological polar surface area (TPSA) is 151 Å². The highest BCUT2D eigenvalue weighted by molar-refractivity contribution is 7.89. The van der Waals surface area contributed by atoms with E-state index in [1.165, 1.54) is 21.7 Å². The van der Waals surface area contributed by atoms with Gasteiger partial charge in [0.1, 0.15) is 18.6 Å². The molecular weight excluding hydrogens is 681 g/mol. The zero-order chi connectivity index (χ0) is 34.8. The molecule has 16 heteroatoms. The Morgan fingerprint density at radius 3 is 2.65 bits per heavy atom. The van der Waals surface area contributed by atoms with Gasteiger partial charge in [-0.15, -0.1) is 0 Å².